The van der Waals surface area contributed by atoms with Crippen LogP contribution in [-0.2, 0) is 33.2 Å². The van der Waals surface area contributed by atoms with Crippen molar-refractivity contribution in [2.24, 2.45) is 11.8 Å². The van der Waals surface area contributed by atoms with Crippen molar-refractivity contribution < 1.29 is 16.8 Å². The number of sulfonamides is 1. The fourth-order valence-corrected chi connectivity index (χ4v) is 9.55. The van der Waals surface area contributed by atoms with Crippen LogP contribution in [-0.4, -0.2) is 101 Å². The molecule has 0 aromatic heterocycles. The van der Waals surface area contributed by atoms with Crippen LogP contribution < -0.4 is 4.90 Å². The van der Waals surface area contributed by atoms with Gasteiger partial charge in [0.1, 0.15) is 0 Å². The van der Waals surface area contributed by atoms with Crippen LogP contribution in [0.2, 0.25) is 5.02 Å². The Morgan fingerprint density at radius 1 is 0.841 bits per heavy atom. The Kier molecular flexibility index (Phi) is 12.2. The van der Waals surface area contributed by atoms with E-state index in [1.54, 1.807) is 25.0 Å². The van der Waals surface area contributed by atoms with Crippen molar-refractivity contribution in [3.63, 3.8) is 0 Å². The van der Waals surface area contributed by atoms with Crippen LogP contribution >= 0.6 is 11.6 Å². The first-order valence-electron chi connectivity index (χ1n) is 15.8. The van der Waals surface area contributed by atoms with E-state index in [0.717, 1.165) is 55.7 Å². The standard InChI is InChI=1S/C32H50ClN5O4S2/c1-26(2)14-20-35-16-6-18-36(43(39,40)32-12-10-31(11-13-32)34(4)5)23-27(3)24-37(19-7-17-35)44(41,42)38-21-15-28-22-30(33)9-8-29(28)25-38/h8-13,22,26-27H,6-7,14-21,23-25H2,1-5H3/t27-/m0/s1. The SMILES string of the molecule is CC(C)CCN1CCCN(S(=O)(=O)c2ccc(N(C)C)cc2)C[C@H](C)CN(S(=O)(=O)N2CCc3cc(Cl)ccc3C2)CCC1. The van der Waals surface area contributed by atoms with Crippen LogP contribution in [0.5, 0.6) is 0 Å². The van der Waals surface area contributed by atoms with Crippen molar-refractivity contribution in [2.45, 2.75) is 57.9 Å². The van der Waals surface area contributed by atoms with Crippen molar-refractivity contribution in [2.75, 3.05) is 71.4 Å². The quantitative estimate of drug-likeness (QED) is 0.403. The van der Waals surface area contributed by atoms with E-state index in [0.29, 0.717) is 43.5 Å². The average Bonchev–Trinajstić information content (AvgIpc) is 2.97. The van der Waals surface area contributed by atoms with E-state index in [4.69, 9.17) is 11.6 Å². The van der Waals surface area contributed by atoms with Gasteiger partial charge in [-0.1, -0.05) is 38.4 Å². The van der Waals surface area contributed by atoms with Gasteiger partial charge < -0.3 is 9.80 Å². The van der Waals surface area contributed by atoms with Crippen molar-refractivity contribution in [3.8, 4) is 0 Å². The lowest BCUT2D eigenvalue weighted by atomic mass is 10.0. The predicted octanol–water partition coefficient (Wildman–Crippen LogP) is 4.78. The Bertz CT molecular complexity index is 1450. The molecule has 0 N–H and O–H groups in total. The first kappa shape index (κ1) is 35.1. The fourth-order valence-electron chi connectivity index (χ4n) is 6.00. The van der Waals surface area contributed by atoms with E-state index >= 15 is 0 Å². The maximum Gasteiger partial charge on any atom is 0.282 e. The maximum atomic E-state index is 14.1. The third-order valence-electron chi connectivity index (χ3n) is 8.61. The Morgan fingerprint density at radius 2 is 1.48 bits per heavy atom. The molecule has 2 heterocycles. The first-order chi connectivity index (χ1) is 20.8. The molecule has 2 aliphatic heterocycles. The van der Waals surface area contributed by atoms with E-state index in [2.05, 4.69) is 18.7 Å². The maximum absolute atomic E-state index is 14.1. The second kappa shape index (κ2) is 15.2. The zero-order valence-electron chi connectivity index (χ0n) is 27.0. The zero-order valence-corrected chi connectivity index (χ0v) is 29.3. The lowest BCUT2D eigenvalue weighted by Crippen LogP contribution is -2.49. The summed E-state index contributed by atoms with van der Waals surface area (Å²) >= 11 is 6.19. The fraction of sp³-hybridized carbons (Fsp3) is 0.625. The minimum atomic E-state index is -3.78. The van der Waals surface area contributed by atoms with Gasteiger partial charge in [-0.3, -0.25) is 0 Å². The number of anilines is 1. The summed E-state index contributed by atoms with van der Waals surface area (Å²) in [5, 5.41) is 0.659. The van der Waals surface area contributed by atoms with E-state index in [-0.39, 0.29) is 23.9 Å². The number of hydrogen-bond donors (Lipinski definition) is 0. The molecule has 1 saturated heterocycles. The largest absolute Gasteiger partial charge is 0.378 e. The number of rotatable bonds is 8. The topological polar surface area (TPSA) is 84.5 Å². The van der Waals surface area contributed by atoms with Crippen LogP contribution in [0, 0.1) is 11.8 Å². The number of halogens is 1. The van der Waals surface area contributed by atoms with Crippen molar-refractivity contribution in [1.29, 1.82) is 0 Å². The summed E-state index contributed by atoms with van der Waals surface area (Å²) in [6.45, 7) is 10.8. The molecule has 0 spiro atoms. The lowest BCUT2D eigenvalue weighted by molar-refractivity contribution is 0.211. The third kappa shape index (κ3) is 8.96. The van der Waals surface area contributed by atoms with Crippen molar-refractivity contribution in [1.82, 2.24) is 17.8 Å². The molecule has 9 nitrogen and oxygen atoms in total. The lowest BCUT2D eigenvalue weighted by Gasteiger charge is -2.36. The smallest absolute Gasteiger partial charge is 0.282 e. The molecule has 0 bridgehead atoms. The number of hydrogen-bond acceptors (Lipinski definition) is 6. The second-order valence-electron chi connectivity index (χ2n) is 13.0. The molecule has 12 heteroatoms. The number of benzene rings is 2. The molecular weight excluding hydrogens is 618 g/mol. The monoisotopic (exact) mass is 667 g/mol. The Hall–Kier alpha value is -1.73. The highest BCUT2D eigenvalue weighted by Crippen LogP contribution is 2.27. The van der Waals surface area contributed by atoms with Gasteiger partial charge in [-0.15, -0.1) is 0 Å². The predicted molar refractivity (Wildman–Crippen MR) is 180 cm³/mol. The highest BCUT2D eigenvalue weighted by atomic mass is 35.5. The minimum Gasteiger partial charge on any atom is -0.378 e. The molecular formula is C32H50ClN5O4S2. The summed E-state index contributed by atoms with van der Waals surface area (Å²) in [5.41, 5.74) is 2.99. The molecule has 4 rings (SSSR count). The van der Waals surface area contributed by atoms with Crippen molar-refractivity contribution in [3.05, 3.63) is 58.6 Å². The normalized spacial score (nSPS) is 21.0. The molecule has 44 heavy (non-hydrogen) atoms. The van der Waals surface area contributed by atoms with E-state index in [9.17, 15) is 16.8 Å². The number of nitrogens with zero attached hydrogens (tertiary/aromatic N) is 5. The van der Waals surface area contributed by atoms with Crippen LogP contribution in [0.3, 0.4) is 0 Å². The average molecular weight is 668 g/mol. The van der Waals surface area contributed by atoms with Gasteiger partial charge in [-0.2, -0.15) is 21.3 Å². The summed E-state index contributed by atoms with van der Waals surface area (Å²) in [6.07, 6.45) is 3.10. The summed E-state index contributed by atoms with van der Waals surface area (Å²) in [7, 11) is -3.71. The zero-order chi connectivity index (χ0) is 32.1. The van der Waals surface area contributed by atoms with Crippen LogP contribution in [0.1, 0.15) is 51.2 Å². The molecule has 2 aliphatic rings. The molecule has 1 fully saturated rings. The van der Waals surface area contributed by atoms with E-state index in [1.165, 1.54) is 0 Å². The van der Waals surface area contributed by atoms with Gasteiger partial charge in [0.15, 0.2) is 0 Å². The van der Waals surface area contributed by atoms with Gasteiger partial charge in [-0.05, 0) is 105 Å². The third-order valence-corrected chi connectivity index (χ3v) is 12.7. The van der Waals surface area contributed by atoms with E-state index in [1.807, 2.05) is 56.3 Å². The highest BCUT2D eigenvalue weighted by Gasteiger charge is 2.35. The Labute approximate surface area is 271 Å². The highest BCUT2D eigenvalue weighted by molar-refractivity contribution is 7.89. The molecule has 0 aliphatic carbocycles. The van der Waals surface area contributed by atoms with Crippen LogP contribution in [0.4, 0.5) is 5.69 Å². The molecule has 2 aromatic rings. The molecule has 0 radical (unpaired) electrons. The minimum absolute atomic E-state index is 0.201. The van der Waals surface area contributed by atoms with Crippen molar-refractivity contribution >= 4 is 37.5 Å². The molecule has 0 saturated carbocycles. The second-order valence-corrected chi connectivity index (χ2v) is 17.3. The van der Waals surface area contributed by atoms with Gasteiger partial charge in [0.05, 0.1) is 4.90 Å². The first-order valence-corrected chi connectivity index (χ1v) is 19.0. The summed E-state index contributed by atoms with van der Waals surface area (Å²) in [6, 6.07) is 12.6. The van der Waals surface area contributed by atoms with Gasteiger partial charge in [-0.25, -0.2) is 8.42 Å². The summed E-state index contributed by atoms with van der Waals surface area (Å²) in [5.74, 6) is 0.348. The van der Waals surface area contributed by atoms with Gasteiger partial charge in [0, 0.05) is 64.1 Å². The molecule has 0 amide bonds. The number of fused-ring (bicyclic) bond motifs is 1. The molecule has 246 valence electrons. The summed E-state index contributed by atoms with van der Waals surface area (Å²) < 4.78 is 60.9. The molecule has 0 unspecified atom stereocenters. The molecule has 1 atom stereocenters. The van der Waals surface area contributed by atoms with Crippen LogP contribution in [0.25, 0.3) is 0 Å². The Morgan fingerprint density at radius 3 is 2.11 bits per heavy atom. The van der Waals surface area contributed by atoms with Crippen LogP contribution in [0.15, 0.2) is 47.4 Å². The van der Waals surface area contributed by atoms with Gasteiger partial charge >= 0.3 is 0 Å². The van der Waals surface area contributed by atoms with Gasteiger partial charge in [0.25, 0.3) is 10.2 Å². The summed E-state index contributed by atoms with van der Waals surface area (Å²) in [4.78, 5) is 4.56. The Balaban J connectivity index is 1.59. The molecule has 2 aromatic carbocycles. The van der Waals surface area contributed by atoms with Gasteiger partial charge in [0.2, 0.25) is 10.0 Å². The van der Waals surface area contributed by atoms with E-state index < -0.39 is 20.2 Å².